The highest BCUT2D eigenvalue weighted by Crippen LogP contribution is 2.42. The molecule has 1 aliphatic carbocycles. The topological polar surface area (TPSA) is 89.4 Å². The third-order valence-electron chi connectivity index (χ3n) is 4.07. The fourth-order valence-electron chi connectivity index (χ4n) is 3.13. The lowest BCUT2D eigenvalue weighted by molar-refractivity contribution is -0.136. The SMILES string of the molecule is CC(CC(=O)C1C(C)C=CCC1(C)C)SC(C)C(=O)O.N. The van der Waals surface area contributed by atoms with Gasteiger partial charge in [0.05, 0.1) is 5.25 Å². The minimum atomic E-state index is -0.816. The van der Waals surface area contributed by atoms with Crippen molar-refractivity contribution in [3.05, 3.63) is 12.2 Å². The van der Waals surface area contributed by atoms with Gasteiger partial charge in [-0.2, -0.15) is 0 Å². The summed E-state index contributed by atoms with van der Waals surface area (Å²) >= 11 is 1.36. The Morgan fingerprint density at radius 3 is 2.43 bits per heavy atom. The quantitative estimate of drug-likeness (QED) is 0.725. The van der Waals surface area contributed by atoms with Gasteiger partial charge in [-0.05, 0) is 24.7 Å². The summed E-state index contributed by atoms with van der Waals surface area (Å²) in [7, 11) is 0. The normalized spacial score (nSPS) is 26.5. The van der Waals surface area contributed by atoms with Crippen molar-refractivity contribution in [2.45, 2.75) is 58.0 Å². The van der Waals surface area contributed by atoms with Crippen LogP contribution in [0.5, 0.6) is 0 Å². The number of ketones is 1. The summed E-state index contributed by atoms with van der Waals surface area (Å²) < 4.78 is 0. The van der Waals surface area contributed by atoms with Gasteiger partial charge in [-0.3, -0.25) is 9.59 Å². The summed E-state index contributed by atoms with van der Waals surface area (Å²) in [6, 6.07) is 0. The number of Topliss-reactive ketones (excluding diaryl/α,β-unsaturated/α-hetero) is 1. The van der Waals surface area contributed by atoms with Crippen molar-refractivity contribution in [2.24, 2.45) is 17.3 Å². The molecule has 1 rings (SSSR count). The Hall–Kier alpha value is -0.810. The van der Waals surface area contributed by atoms with Gasteiger partial charge in [0.1, 0.15) is 5.78 Å². The summed E-state index contributed by atoms with van der Waals surface area (Å²) in [5, 5.41) is 8.50. The maximum atomic E-state index is 12.6. The Morgan fingerprint density at radius 2 is 1.95 bits per heavy atom. The zero-order valence-corrected chi connectivity index (χ0v) is 14.6. The van der Waals surface area contributed by atoms with Crippen molar-refractivity contribution in [3.8, 4) is 0 Å². The summed E-state index contributed by atoms with van der Waals surface area (Å²) in [6.45, 7) is 10.0. The number of hydrogen-bond donors (Lipinski definition) is 2. The van der Waals surface area contributed by atoms with E-state index in [1.807, 2.05) is 6.92 Å². The molecule has 0 saturated carbocycles. The maximum Gasteiger partial charge on any atom is 0.316 e. The molecule has 0 aromatic carbocycles. The van der Waals surface area contributed by atoms with E-state index in [1.54, 1.807) is 6.92 Å². The number of rotatable bonds is 6. The Balaban J connectivity index is 0.00000400. The average molecular weight is 315 g/mol. The monoisotopic (exact) mass is 315 g/mol. The smallest absolute Gasteiger partial charge is 0.316 e. The fraction of sp³-hybridized carbons (Fsp3) is 0.750. The van der Waals surface area contributed by atoms with Gasteiger partial charge in [0.15, 0.2) is 0 Å². The molecule has 0 heterocycles. The van der Waals surface area contributed by atoms with Crippen LogP contribution in [0.15, 0.2) is 12.2 Å². The first-order valence-electron chi connectivity index (χ1n) is 7.22. The first-order valence-corrected chi connectivity index (χ1v) is 8.17. The zero-order valence-electron chi connectivity index (χ0n) is 13.8. The second-order valence-corrected chi connectivity index (χ2v) is 8.34. The van der Waals surface area contributed by atoms with E-state index in [4.69, 9.17) is 5.11 Å². The molecule has 0 amide bonds. The number of carboxylic acid groups (broad SMARTS) is 1. The first kappa shape index (κ1) is 20.2. The number of aliphatic carboxylic acids is 1. The van der Waals surface area contributed by atoms with Gasteiger partial charge in [-0.1, -0.05) is 39.8 Å². The van der Waals surface area contributed by atoms with Crippen LogP contribution in [0.2, 0.25) is 0 Å². The largest absolute Gasteiger partial charge is 0.480 e. The number of allylic oxidation sites excluding steroid dienone is 2. The van der Waals surface area contributed by atoms with E-state index in [1.165, 1.54) is 11.8 Å². The summed E-state index contributed by atoms with van der Waals surface area (Å²) in [6.07, 6.45) is 5.68. The van der Waals surface area contributed by atoms with Crippen LogP contribution < -0.4 is 6.15 Å². The van der Waals surface area contributed by atoms with Crippen LogP contribution in [0.1, 0.15) is 47.5 Å². The molecule has 122 valence electrons. The fourth-order valence-corrected chi connectivity index (χ4v) is 4.20. The molecular weight excluding hydrogens is 286 g/mol. The minimum absolute atomic E-state index is 0. The average Bonchev–Trinajstić information content (AvgIpc) is 2.26. The van der Waals surface area contributed by atoms with E-state index in [-0.39, 0.29) is 34.4 Å². The van der Waals surface area contributed by atoms with Crippen LogP contribution in [-0.2, 0) is 9.59 Å². The van der Waals surface area contributed by atoms with Gasteiger partial charge in [0.2, 0.25) is 0 Å². The van der Waals surface area contributed by atoms with E-state index >= 15 is 0 Å². The molecule has 5 heteroatoms. The van der Waals surface area contributed by atoms with Crippen molar-refractivity contribution in [1.29, 1.82) is 0 Å². The van der Waals surface area contributed by atoms with Crippen LogP contribution in [0, 0.1) is 17.3 Å². The standard InChI is InChI=1S/C16H26O3S.H3N/c1-10-7-6-8-16(4,5)14(10)13(17)9-11(2)20-12(3)15(18)19;/h6-7,10-12,14H,8-9H2,1-5H3,(H,18,19);1H3. The zero-order chi connectivity index (χ0) is 15.5. The molecule has 4 nitrogen and oxygen atoms in total. The molecule has 21 heavy (non-hydrogen) atoms. The molecule has 0 fully saturated rings. The summed E-state index contributed by atoms with van der Waals surface area (Å²) in [4.78, 5) is 23.5. The van der Waals surface area contributed by atoms with Crippen molar-refractivity contribution in [3.63, 3.8) is 0 Å². The predicted octanol–water partition coefficient (Wildman–Crippen LogP) is 3.94. The molecule has 4 atom stereocenters. The predicted molar refractivity (Wildman–Crippen MR) is 89.0 cm³/mol. The number of thioether (sulfide) groups is 1. The molecular formula is C16H29NO3S. The highest BCUT2D eigenvalue weighted by atomic mass is 32.2. The number of carbonyl (C=O) groups is 2. The van der Waals surface area contributed by atoms with Gasteiger partial charge in [-0.15, -0.1) is 11.8 Å². The number of carbonyl (C=O) groups excluding carboxylic acids is 1. The molecule has 0 aromatic rings. The molecule has 1 aliphatic rings. The van der Waals surface area contributed by atoms with Crippen LogP contribution in [0.3, 0.4) is 0 Å². The lowest BCUT2D eigenvalue weighted by Gasteiger charge is -2.39. The highest BCUT2D eigenvalue weighted by molar-refractivity contribution is 8.01. The lowest BCUT2D eigenvalue weighted by Crippen LogP contribution is -2.38. The Kier molecular flexibility index (Phi) is 7.68. The van der Waals surface area contributed by atoms with Crippen LogP contribution in [-0.4, -0.2) is 27.4 Å². The Bertz CT molecular complexity index is 406. The summed E-state index contributed by atoms with van der Waals surface area (Å²) in [5.41, 5.74) is -0.00590. The van der Waals surface area contributed by atoms with Crippen molar-refractivity contribution < 1.29 is 14.7 Å². The van der Waals surface area contributed by atoms with Crippen LogP contribution >= 0.6 is 11.8 Å². The lowest BCUT2D eigenvalue weighted by atomic mass is 9.65. The van der Waals surface area contributed by atoms with E-state index in [9.17, 15) is 9.59 Å². The van der Waals surface area contributed by atoms with Crippen molar-refractivity contribution in [2.75, 3.05) is 0 Å². The molecule has 0 radical (unpaired) electrons. The maximum absolute atomic E-state index is 12.6. The third kappa shape index (κ3) is 5.47. The van der Waals surface area contributed by atoms with E-state index in [0.29, 0.717) is 6.42 Å². The van der Waals surface area contributed by atoms with E-state index in [2.05, 4.69) is 32.9 Å². The molecule has 4 N–H and O–H groups in total. The molecule has 0 aromatic heterocycles. The molecule has 4 unspecified atom stereocenters. The van der Waals surface area contributed by atoms with Gasteiger partial charge in [-0.25, -0.2) is 0 Å². The minimum Gasteiger partial charge on any atom is -0.480 e. The van der Waals surface area contributed by atoms with Crippen LogP contribution in [0.4, 0.5) is 0 Å². The van der Waals surface area contributed by atoms with Crippen LogP contribution in [0.25, 0.3) is 0 Å². The second-order valence-electron chi connectivity index (χ2n) is 6.56. The highest BCUT2D eigenvalue weighted by Gasteiger charge is 2.39. The molecule has 0 spiro atoms. The molecule has 0 bridgehead atoms. The van der Waals surface area contributed by atoms with Gasteiger partial charge >= 0.3 is 5.97 Å². The Labute approximate surface area is 132 Å². The van der Waals surface area contributed by atoms with Crippen molar-refractivity contribution in [1.82, 2.24) is 6.15 Å². The Morgan fingerprint density at radius 1 is 1.38 bits per heavy atom. The van der Waals surface area contributed by atoms with E-state index in [0.717, 1.165) is 6.42 Å². The van der Waals surface area contributed by atoms with Gasteiger partial charge in [0, 0.05) is 17.6 Å². The number of hydrogen-bond acceptors (Lipinski definition) is 4. The molecule has 0 saturated heterocycles. The van der Waals surface area contributed by atoms with Gasteiger partial charge < -0.3 is 11.3 Å². The summed E-state index contributed by atoms with van der Waals surface area (Å²) in [5.74, 6) is -0.246. The number of carboxylic acids is 1. The van der Waals surface area contributed by atoms with Gasteiger partial charge in [0.25, 0.3) is 0 Å². The first-order chi connectivity index (χ1) is 9.15. The van der Waals surface area contributed by atoms with Crippen molar-refractivity contribution >= 4 is 23.5 Å². The third-order valence-corrected chi connectivity index (χ3v) is 5.31. The van der Waals surface area contributed by atoms with E-state index < -0.39 is 11.2 Å². The second kappa shape index (κ2) is 7.99. The molecule has 0 aliphatic heterocycles.